The molecule has 15 rings (SSSR count). The first-order valence-corrected chi connectivity index (χ1v) is 29.1. The van der Waals surface area contributed by atoms with Crippen molar-refractivity contribution in [3.8, 4) is 78.7 Å². The summed E-state index contributed by atoms with van der Waals surface area (Å²) in [7, 11) is -0.463. The molecule has 4 aromatic heterocycles. The van der Waals surface area contributed by atoms with E-state index in [0.29, 0.717) is 17.5 Å². The molecule has 0 spiro atoms. The summed E-state index contributed by atoms with van der Waals surface area (Å²) >= 11 is 17.7. The van der Waals surface area contributed by atoms with Gasteiger partial charge in [0, 0.05) is 49.4 Å². The van der Waals surface area contributed by atoms with Crippen molar-refractivity contribution >= 4 is 91.3 Å². The first kappa shape index (κ1) is 55.8. The van der Waals surface area contributed by atoms with Crippen molar-refractivity contribution in [3.05, 3.63) is 259 Å². The number of aromatic nitrogens is 6. The van der Waals surface area contributed by atoms with E-state index >= 15 is 0 Å². The lowest BCUT2D eigenvalue weighted by molar-refractivity contribution is 0.00578. The molecule has 0 saturated carbocycles. The minimum Gasteiger partial charge on any atom is -0.455 e. The Labute approximate surface area is 512 Å². The van der Waals surface area contributed by atoms with Crippen LogP contribution >= 0.6 is 34.8 Å². The van der Waals surface area contributed by atoms with E-state index in [-0.39, 0.29) is 15.9 Å². The van der Waals surface area contributed by atoms with Gasteiger partial charge in [-0.1, -0.05) is 206 Å². The van der Waals surface area contributed by atoms with Gasteiger partial charge in [0.2, 0.25) is 15.9 Å². The highest BCUT2D eigenvalue weighted by atomic mass is 35.5. The van der Waals surface area contributed by atoms with Gasteiger partial charge in [-0.05, 0) is 138 Å². The Morgan fingerprint density at radius 3 is 1.13 bits per heavy atom. The maximum Gasteiger partial charge on any atom is 0.495 e. The zero-order valence-corrected chi connectivity index (χ0v) is 49.4. The van der Waals surface area contributed by atoms with E-state index < -0.39 is 18.3 Å². The quantitative estimate of drug-likeness (QED) is 0.136. The van der Waals surface area contributed by atoms with Gasteiger partial charge in [0.1, 0.15) is 22.3 Å². The van der Waals surface area contributed by atoms with Gasteiger partial charge in [-0.2, -0.15) is 24.9 Å². The van der Waals surface area contributed by atoms with Crippen LogP contribution in [0, 0.1) is 0 Å². The molecule has 14 aromatic rings. The smallest absolute Gasteiger partial charge is 0.455 e. The predicted octanol–water partition coefficient (Wildman–Crippen LogP) is 19.2. The molecular formula is C72H52BCl3N6O4. The maximum atomic E-state index is 6.53. The van der Waals surface area contributed by atoms with Gasteiger partial charge in [0.05, 0.1) is 11.2 Å². The number of halogens is 3. The van der Waals surface area contributed by atoms with E-state index in [1.807, 2.05) is 127 Å². The third kappa shape index (κ3) is 11.3. The summed E-state index contributed by atoms with van der Waals surface area (Å²) in [5.41, 5.74) is 14.9. The first-order chi connectivity index (χ1) is 41.8. The van der Waals surface area contributed by atoms with Crippen LogP contribution in [0.1, 0.15) is 27.7 Å². The summed E-state index contributed by atoms with van der Waals surface area (Å²) in [4.78, 5) is 25.3. The third-order valence-corrected chi connectivity index (χ3v) is 16.1. The molecule has 1 fully saturated rings. The number of hydrogen-bond acceptors (Lipinski definition) is 10. The Bertz CT molecular complexity index is 4710. The number of benzene rings is 10. The lowest BCUT2D eigenvalue weighted by atomic mass is 9.76. The van der Waals surface area contributed by atoms with Crippen molar-refractivity contribution in [2.24, 2.45) is 0 Å². The molecule has 14 heteroatoms. The van der Waals surface area contributed by atoms with Crippen molar-refractivity contribution in [1.82, 2.24) is 29.9 Å². The van der Waals surface area contributed by atoms with Gasteiger partial charge in [-0.25, -0.2) is 4.98 Å². The monoisotopic (exact) mass is 1180 g/mol. The van der Waals surface area contributed by atoms with Crippen molar-refractivity contribution in [1.29, 1.82) is 0 Å². The fourth-order valence-electron chi connectivity index (χ4n) is 10.7. The topological polar surface area (TPSA) is 122 Å². The van der Waals surface area contributed by atoms with Crippen LogP contribution in [0.2, 0.25) is 15.9 Å². The number of hydrogen-bond donors (Lipinski definition) is 0. The molecule has 5 heterocycles. The Morgan fingerprint density at radius 1 is 0.314 bits per heavy atom. The number of furan rings is 2. The van der Waals surface area contributed by atoms with Gasteiger partial charge < -0.3 is 18.1 Å². The van der Waals surface area contributed by atoms with Crippen LogP contribution in [-0.4, -0.2) is 48.2 Å². The van der Waals surface area contributed by atoms with Gasteiger partial charge in [0.15, 0.2) is 17.5 Å². The molecule has 418 valence electrons. The summed E-state index contributed by atoms with van der Waals surface area (Å²) < 4.78 is 25.9. The highest BCUT2D eigenvalue weighted by molar-refractivity contribution is 6.66. The summed E-state index contributed by atoms with van der Waals surface area (Å²) in [6.45, 7) is 8.34. The Morgan fingerprint density at radius 2 is 0.674 bits per heavy atom. The average molecular weight is 1180 g/mol. The van der Waals surface area contributed by atoms with E-state index in [4.69, 9.17) is 57.9 Å². The number of nitrogens with zero attached hydrogens (tertiary/aromatic N) is 6. The molecule has 0 N–H and O–H groups in total. The second-order valence-corrected chi connectivity index (χ2v) is 22.7. The van der Waals surface area contributed by atoms with Crippen molar-refractivity contribution in [3.63, 3.8) is 0 Å². The molecular weight excluding hydrogens is 1130 g/mol. The Hall–Kier alpha value is -9.33. The van der Waals surface area contributed by atoms with Crippen LogP contribution in [0.3, 0.4) is 0 Å². The minimum atomic E-state index is -0.463. The number of rotatable bonds is 8. The van der Waals surface area contributed by atoms with Gasteiger partial charge in [-0.3, -0.25) is 0 Å². The van der Waals surface area contributed by atoms with Crippen LogP contribution in [0.15, 0.2) is 251 Å². The van der Waals surface area contributed by atoms with E-state index in [0.717, 1.165) is 105 Å². The molecule has 1 saturated heterocycles. The van der Waals surface area contributed by atoms with Crippen LogP contribution in [0.25, 0.3) is 123 Å². The second kappa shape index (κ2) is 23.6. The van der Waals surface area contributed by atoms with Gasteiger partial charge >= 0.3 is 7.12 Å². The van der Waals surface area contributed by atoms with Crippen molar-refractivity contribution in [2.45, 2.75) is 38.9 Å². The predicted molar refractivity (Wildman–Crippen MR) is 349 cm³/mol. The fraction of sp³-hybridized carbons (Fsp3) is 0.0833. The molecule has 0 amide bonds. The molecule has 1 aliphatic heterocycles. The van der Waals surface area contributed by atoms with E-state index in [2.05, 4.69) is 168 Å². The van der Waals surface area contributed by atoms with Gasteiger partial charge in [-0.15, -0.1) is 0 Å². The molecule has 10 aromatic carbocycles. The van der Waals surface area contributed by atoms with Crippen LogP contribution in [0.5, 0.6) is 0 Å². The van der Waals surface area contributed by atoms with Crippen molar-refractivity contribution in [2.75, 3.05) is 0 Å². The Kier molecular flexibility index (Phi) is 15.3. The molecule has 0 radical (unpaired) electrons. The number of fused-ring (bicyclic) bond motifs is 6. The van der Waals surface area contributed by atoms with E-state index in [1.54, 1.807) is 0 Å². The Balaban J connectivity index is 0.000000131. The molecule has 86 heavy (non-hydrogen) atoms. The largest absolute Gasteiger partial charge is 0.495 e. The first-order valence-electron chi connectivity index (χ1n) is 28.0. The summed E-state index contributed by atoms with van der Waals surface area (Å²) in [5, 5.41) is 4.40. The zero-order valence-electron chi connectivity index (χ0n) is 47.1. The van der Waals surface area contributed by atoms with Gasteiger partial charge in [0.25, 0.3) is 0 Å². The summed E-state index contributed by atoms with van der Waals surface area (Å²) in [5.74, 6) is 1.51. The zero-order chi connectivity index (χ0) is 58.9. The average Bonchev–Trinajstić information content (AvgIpc) is 2.95. The second-order valence-electron chi connectivity index (χ2n) is 21.6. The highest BCUT2D eigenvalue weighted by Crippen LogP contribution is 2.44. The molecule has 0 bridgehead atoms. The minimum absolute atomic E-state index is 0.101. The lowest BCUT2D eigenvalue weighted by Crippen LogP contribution is -2.41. The summed E-state index contributed by atoms with van der Waals surface area (Å²) in [6.07, 6.45) is 0. The molecule has 1 aliphatic rings. The van der Waals surface area contributed by atoms with Crippen LogP contribution in [-0.2, 0) is 9.31 Å². The lowest BCUT2D eigenvalue weighted by Gasteiger charge is -2.32. The fourth-order valence-corrected chi connectivity index (χ4v) is 11.2. The SMILES string of the molecule is CC1(C)OB(c2cccc3oc4c(-c5ccccc5)cc(-c5ccccc5)cc4c23)OC1(C)C.Clc1nc(-c2ccccc2)nc(-c2cccc3oc4c(-c5ccccc5)cc(-c5ccccc5)cc4c23)n1.Clc1nc(Cl)nc(-c2ccccc2)n1. The normalized spacial score (nSPS) is 13.4. The standard InChI is InChI=1S/C33H20ClN3O.C30H27BO3.C9H5Cl2N3/c34-33-36-31(23-15-8-3-9-16-23)35-32(37-33)25-17-10-18-28-29(25)27-20-24(21-11-4-1-5-12-21)19-26(30(27)38-28)22-13-6-2-7-14-22;1-29(2)30(3,4)34-31(33-29)25-16-11-17-26-27(25)24-19-22(20-12-7-5-8-13-20)18-23(28(24)32-26)21-14-9-6-10-15-21;10-8-12-7(13-9(11)14-8)6-4-2-1-3-5-6/h1-20H;5-19H,1-4H3;1-5H. The summed E-state index contributed by atoms with van der Waals surface area (Å²) in [6, 6.07) is 81.8. The van der Waals surface area contributed by atoms with E-state index in [1.165, 1.54) is 5.56 Å². The maximum absolute atomic E-state index is 6.53. The van der Waals surface area contributed by atoms with Crippen LogP contribution in [0.4, 0.5) is 0 Å². The third-order valence-electron chi connectivity index (χ3n) is 15.6. The highest BCUT2D eigenvalue weighted by Gasteiger charge is 2.52. The molecule has 0 aliphatic carbocycles. The van der Waals surface area contributed by atoms with Crippen LogP contribution < -0.4 is 5.46 Å². The molecule has 0 unspecified atom stereocenters. The molecule has 10 nitrogen and oxygen atoms in total. The molecule has 0 atom stereocenters. The van der Waals surface area contributed by atoms with Crippen molar-refractivity contribution < 1.29 is 18.1 Å². The van der Waals surface area contributed by atoms with E-state index in [9.17, 15) is 0 Å².